The van der Waals surface area contributed by atoms with Gasteiger partial charge < -0.3 is 10.5 Å². The Kier molecular flexibility index (Phi) is 4.42. The molecule has 19 heavy (non-hydrogen) atoms. The average Bonchev–Trinajstić information content (AvgIpc) is 2.33. The molecule has 0 bridgehead atoms. The number of hydrogen-bond acceptors (Lipinski definition) is 2. The highest BCUT2D eigenvalue weighted by molar-refractivity contribution is 14.1. The number of hydrogen-bond donors (Lipinski definition) is 1. The topological polar surface area (TPSA) is 35.2 Å². The molecular formula is C15H15FINO. The molecule has 100 valence electrons. The van der Waals surface area contributed by atoms with Gasteiger partial charge in [0, 0.05) is 15.2 Å². The summed E-state index contributed by atoms with van der Waals surface area (Å²) in [5.41, 5.74) is 7.08. The highest BCUT2D eigenvalue weighted by Crippen LogP contribution is 2.31. The van der Waals surface area contributed by atoms with Crippen molar-refractivity contribution in [1.29, 1.82) is 0 Å². The Morgan fingerprint density at radius 3 is 2.63 bits per heavy atom. The largest absolute Gasteiger partial charge is 0.457 e. The summed E-state index contributed by atoms with van der Waals surface area (Å²) in [4.78, 5) is 0. The Morgan fingerprint density at radius 2 is 2.00 bits per heavy atom. The van der Waals surface area contributed by atoms with Crippen LogP contribution in [0, 0.1) is 16.3 Å². The van der Waals surface area contributed by atoms with Crippen LogP contribution in [-0.4, -0.2) is 0 Å². The van der Waals surface area contributed by atoms with E-state index >= 15 is 0 Å². The van der Waals surface area contributed by atoms with Gasteiger partial charge in [-0.3, -0.25) is 0 Å². The maximum Gasteiger partial charge on any atom is 0.132 e. The summed E-state index contributed by atoms with van der Waals surface area (Å²) in [5.74, 6) is 1.07. The molecule has 0 saturated carbocycles. The predicted molar refractivity (Wildman–Crippen MR) is 83.0 cm³/mol. The van der Waals surface area contributed by atoms with Gasteiger partial charge in [0.25, 0.3) is 0 Å². The average molecular weight is 371 g/mol. The molecule has 2 rings (SSSR count). The third kappa shape index (κ3) is 3.45. The van der Waals surface area contributed by atoms with Crippen LogP contribution in [0.3, 0.4) is 0 Å². The van der Waals surface area contributed by atoms with Gasteiger partial charge in [0.05, 0.1) is 0 Å². The molecular weight excluding hydrogens is 356 g/mol. The lowest BCUT2D eigenvalue weighted by atomic mass is 10.1. The number of rotatable bonds is 3. The zero-order chi connectivity index (χ0) is 14.0. The van der Waals surface area contributed by atoms with Crippen molar-refractivity contribution in [2.45, 2.75) is 19.9 Å². The second-order valence-electron chi connectivity index (χ2n) is 4.49. The van der Waals surface area contributed by atoms with Gasteiger partial charge >= 0.3 is 0 Å². The standard InChI is InChI=1S/C15H15FINO/c1-9-6-15(13(10(2)18)8-14(9)16)19-12-5-3-4-11(17)7-12/h3-8,10H,18H2,1-2H3. The van der Waals surface area contributed by atoms with E-state index in [9.17, 15) is 4.39 Å². The van der Waals surface area contributed by atoms with Crippen LogP contribution in [0.15, 0.2) is 36.4 Å². The molecule has 2 aromatic carbocycles. The van der Waals surface area contributed by atoms with Crippen molar-refractivity contribution >= 4 is 22.6 Å². The molecule has 0 saturated heterocycles. The summed E-state index contributed by atoms with van der Waals surface area (Å²) in [6, 6.07) is 10.5. The van der Waals surface area contributed by atoms with Gasteiger partial charge in [-0.15, -0.1) is 0 Å². The van der Waals surface area contributed by atoms with Gasteiger partial charge in [-0.25, -0.2) is 4.39 Å². The molecule has 4 heteroatoms. The molecule has 0 spiro atoms. The van der Waals surface area contributed by atoms with Gasteiger partial charge in [0.2, 0.25) is 0 Å². The zero-order valence-electron chi connectivity index (χ0n) is 10.8. The Morgan fingerprint density at radius 1 is 1.26 bits per heavy atom. The highest BCUT2D eigenvalue weighted by Gasteiger charge is 2.13. The Bertz CT molecular complexity index is 599. The van der Waals surface area contributed by atoms with Crippen LogP contribution in [0.2, 0.25) is 0 Å². The normalized spacial score (nSPS) is 12.3. The fourth-order valence-electron chi connectivity index (χ4n) is 1.77. The van der Waals surface area contributed by atoms with E-state index in [4.69, 9.17) is 10.5 Å². The molecule has 2 aromatic rings. The summed E-state index contributed by atoms with van der Waals surface area (Å²) in [5, 5.41) is 0. The molecule has 0 aliphatic rings. The molecule has 1 unspecified atom stereocenters. The van der Waals surface area contributed by atoms with Gasteiger partial charge in [-0.2, -0.15) is 0 Å². The van der Waals surface area contributed by atoms with E-state index in [0.29, 0.717) is 16.9 Å². The maximum absolute atomic E-state index is 13.6. The number of nitrogens with two attached hydrogens (primary N) is 1. The first-order chi connectivity index (χ1) is 8.97. The van der Waals surface area contributed by atoms with Crippen molar-refractivity contribution in [2.75, 3.05) is 0 Å². The van der Waals surface area contributed by atoms with Crippen molar-refractivity contribution in [3.8, 4) is 11.5 Å². The monoisotopic (exact) mass is 371 g/mol. The SMILES string of the molecule is Cc1cc(Oc2cccc(I)c2)c(C(C)N)cc1F. The summed E-state index contributed by atoms with van der Waals surface area (Å²) in [6.07, 6.45) is 0. The maximum atomic E-state index is 13.6. The molecule has 0 aliphatic carbocycles. The van der Waals surface area contributed by atoms with E-state index in [-0.39, 0.29) is 11.9 Å². The molecule has 2 N–H and O–H groups in total. The second kappa shape index (κ2) is 5.88. The minimum Gasteiger partial charge on any atom is -0.457 e. The number of aryl methyl sites for hydroxylation is 1. The Labute approximate surface area is 125 Å². The van der Waals surface area contributed by atoms with Crippen molar-refractivity contribution < 1.29 is 9.13 Å². The zero-order valence-corrected chi connectivity index (χ0v) is 12.9. The fourth-order valence-corrected chi connectivity index (χ4v) is 2.29. The van der Waals surface area contributed by atoms with Gasteiger partial charge in [-0.05, 0) is 72.3 Å². The van der Waals surface area contributed by atoms with Crippen molar-refractivity contribution in [3.05, 3.63) is 56.9 Å². The fraction of sp³-hybridized carbons (Fsp3) is 0.200. The molecule has 1 atom stereocenters. The summed E-state index contributed by atoms with van der Waals surface area (Å²) in [7, 11) is 0. The van der Waals surface area contributed by atoms with Gasteiger partial charge in [-0.1, -0.05) is 6.07 Å². The molecule has 0 radical (unpaired) electrons. The van der Waals surface area contributed by atoms with E-state index in [1.54, 1.807) is 13.0 Å². The van der Waals surface area contributed by atoms with Crippen molar-refractivity contribution in [1.82, 2.24) is 0 Å². The smallest absolute Gasteiger partial charge is 0.132 e. The Balaban J connectivity index is 2.41. The summed E-state index contributed by atoms with van der Waals surface area (Å²) >= 11 is 2.22. The molecule has 2 nitrogen and oxygen atoms in total. The number of ether oxygens (including phenoxy) is 1. The van der Waals surface area contributed by atoms with Gasteiger partial charge in [0.15, 0.2) is 0 Å². The Hall–Kier alpha value is -1.14. The van der Waals surface area contributed by atoms with Crippen molar-refractivity contribution in [2.24, 2.45) is 5.73 Å². The minimum atomic E-state index is -0.284. The third-order valence-corrected chi connectivity index (χ3v) is 3.48. The van der Waals surface area contributed by atoms with E-state index < -0.39 is 0 Å². The van der Waals surface area contributed by atoms with Crippen molar-refractivity contribution in [3.63, 3.8) is 0 Å². The lowest BCUT2D eigenvalue weighted by Gasteiger charge is -2.15. The van der Waals surface area contributed by atoms with Crippen LogP contribution in [-0.2, 0) is 0 Å². The van der Waals surface area contributed by atoms with E-state index in [0.717, 1.165) is 9.32 Å². The van der Waals surface area contributed by atoms with Crippen LogP contribution < -0.4 is 10.5 Å². The van der Waals surface area contributed by atoms with Crippen LogP contribution in [0.4, 0.5) is 4.39 Å². The van der Waals surface area contributed by atoms with Gasteiger partial charge in [0.1, 0.15) is 17.3 Å². The first-order valence-electron chi connectivity index (χ1n) is 5.96. The van der Waals surface area contributed by atoms with E-state index in [2.05, 4.69) is 22.6 Å². The quantitative estimate of drug-likeness (QED) is 0.804. The highest BCUT2D eigenvalue weighted by atomic mass is 127. The first kappa shape index (κ1) is 14.3. The number of benzene rings is 2. The van der Waals surface area contributed by atoms with Crippen LogP contribution >= 0.6 is 22.6 Å². The molecule has 0 fully saturated rings. The molecule has 0 amide bonds. The minimum absolute atomic E-state index is 0.262. The van der Waals surface area contributed by atoms with E-state index in [1.165, 1.54) is 6.07 Å². The first-order valence-corrected chi connectivity index (χ1v) is 7.04. The van der Waals surface area contributed by atoms with Crippen LogP contribution in [0.1, 0.15) is 24.1 Å². The lowest BCUT2D eigenvalue weighted by molar-refractivity contribution is 0.468. The molecule has 0 aromatic heterocycles. The lowest BCUT2D eigenvalue weighted by Crippen LogP contribution is -2.08. The van der Waals surface area contributed by atoms with Crippen LogP contribution in [0.5, 0.6) is 11.5 Å². The summed E-state index contributed by atoms with van der Waals surface area (Å²) < 4.78 is 20.5. The molecule has 0 aliphatic heterocycles. The molecule has 0 heterocycles. The van der Waals surface area contributed by atoms with E-state index in [1.807, 2.05) is 31.2 Å². The second-order valence-corrected chi connectivity index (χ2v) is 5.73. The predicted octanol–water partition coefficient (Wildman–Crippen LogP) is 4.55. The third-order valence-electron chi connectivity index (χ3n) is 2.81. The van der Waals surface area contributed by atoms with Crippen LogP contribution in [0.25, 0.3) is 0 Å². The summed E-state index contributed by atoms with van der Waals surface area (Å²) in [6.45, 7) is 3.52. The number of halogens is 2.